The van der Waals surface area contributed by atoms with Crippen LogP contribution in [0.5, 0.6) is 0 Å². The molecule has 0 spiro atoms. The maximum atomic E-state index is 13.5. The van der Waals surface area contributed by atoms with Crippen LogP contribution in [0.2, 0.25) is 5.02 Å². The lowest BCUT2D eigenvalue weighted by molar-refractivity contribution is 0.256. The van der Waals surface area contributed by atoms with Gasteiger partial charge in [-0.1, -0.05) is 74.5 Å². The first kappa shape index (κ1) is 19.4. The van der Waals surface area contributed by atoms with Crippen LogP contribution in [0.15, 0.2) is 60.0 Å². The molecule has 0 aliphatic carbocycles. The SMILES string of the molecule is CC(C)(C)Sc1ncnn1C[C@@]1(c2ccc(F)cc2)O[C@@H]1c1ccccc1Cl. The van der Waals surface area contributed by atoms with Crippen molar-refractivity contribution >= 4 is 23.4 Å². The van der Waals surface area contributed by atoms with Gasteiger partial charge in [0.25, 0.3) is 0 Å². The zero-order valence-electron chi connectivity index (χ0n) is 15.9. The minimum atomic E-state index is -0.667. The predicted octanol–water partition coefficient (Wildman–Crippen LogP) is 5.63. The van der Waals surface area contributed by atoms with Crippen molar-refractivity contribution in [3.05, 3.63) is 76.8 Å². The lowest BCUT2D eigenvalue weighted by Crippen LogP contribution is -2.21. The highest BCUT2D eigenvalue weighted by atomic mass is 35.5. The van der Waals surface area contributed by atoms with Crippen LogP contribution in [0, 0.1) is 5.82 Å². The summed E-state index contributed by atoms with van der Waals surface area (Å²) >= 11 is 8.07. The van der Waals surface area contributed by atoms with Gasteiger partial charge < -0.3 is 4.74 Å². The number of aromatic nitrogens is 3. The van der Waals surface area contributed by atoms with E-state index in [-0.39, 0.29) is 16.7 Å². The van der Waals surface area contributed by atoms with Crippen LogP contribution in [-0.4, -0.2) is 19.5 Å². The number of ether oxygens (including phenoxy) is 1. The van der Waals surface area contributed by atoms with Crippen molar-refractivity contribution in [3.63, 3.8) is 0 Å². The second-order valence-electron chi connectivity index (χ2n) is 7.83. The molecule has 7 heteroatoms. The molecule has 1 aliphatic rings. The Labute approximate surface area is 173 Å². The van der Waals surface area contributed by atoms with Crippen LogP contribution in [0.25, 0.3) is 0 Å². The van der Waals surface area contributed by atoms with E-state index in [1.165, 1.54) is 12.1 Å². The normalized spacial score (nSPS) is 21.7. The molecule has 2 heterocycles. The van der Waals surface area contributed by atoms with Crippen LogP contribution in [0.4, 0.5) is 4.39 Å². The van der Waals surface area contributed by atoms with Gasteiger partial charge in [0, 0.05) is 15.3 Å². The quantitative estimate of drug-likeness (QED) is 0.398. The molecule has 0 amide bonds. The van der Waals surface area contributed by atoms with Crippen molar-refractivity contribution in [2.75, 3.05) is 0 Å². The summed E-state index contributed by atoms with van der Waals surface area (Å²) in [5.41, 5.74) is 1.14. The molecule has 146 valence electrons. The van der Waals surface area contributed by atoms with Gasteiger partial charge in [0.2, 0.25) is 0 Å². The van der Waals surface area contributed by atoms with E-state index < -0.39 is 5.60 Å². The van der Waals surface area contributed by atoms with Gasteiger partial charge in [0.05, 0.1) is 6.54 Å². The molecule has 0 N–H and O–H groups in total. The standard InChI is InChI=1S/C21H21ClFN3OS/c1-20(2,3)28-19-24-13-25-26(19)12-21(14-8-10-15(23)11-9-14)18(27-21)16-6-4-5-7-17(16)22/h4-11,13,18H,12H2,1-3H3/t18-,21+/m1/s1. The molecule has 1 aromatic heterocycles. The minimum absolute atomic E-state index is 0.000367. The Hall–Kier alpha value is -1.89. The van der Waals surface area contributed by atoms with Gasteiger partial charge in [0.15, 0.2) is 5.16 Å². The van der Waals surface area contributed by atoms with Gasteiger partial charge in [-0.05, 0) is 23.8 Å². The highest BCUT2D eigenvalue weighted by Crippen LogP contribution is 2.59. The lowest BCUT2D eigenvalue weighted by atomic mass is 9.91. The summed E-state index contributed by atoms with van der Waals surface area (Å²) < 4.78 is 21.6. The summed E-state index contributed by atoms with van der Waals surface area (Å²) in [5, 5.41) is 5.89. The molecule has 2 aromatic carbocycles. The summed E-state index contributed by atoms with van der Waals surface area (Å²) in [5.74, 6) is -0.279. The highest BCUT2D eigenvalue weighted by Gasteiger charge is 2.59. The van der Waals surface area contributed by atoms with Crippen molar-refractivity contribution in [2.24, 2.45) is 0 Å². The smallest absolute Gasteiger partial charge is 0.186 e. The molecule has 0 radical (unpaired) electrons. The van der Waals surface area contributed by atoms with Crippen molar-refractivity contribution in [2.45, 2.75) is 48.9 Å². The average Bonchev–Trinajstić information content (AvgIpc) is 3.19. The number of benzene rings is 2. The molecular weight excluding hydrogens is 397 g/mol. The topological polar surface area (TPSA) is 43.2 Å². The van der Waals surface area contributed by atoms with Crippen LogP contribution >= 0.6 is 23.4 Å². The number of hydrogen-bond acceptors (Lipinski definition) is 4. The molecule has 0 saturated carbocycles. The number of epoxide rings is 1. The van der Waals surface area contributed by atoms with E-state index in [1.54, 1.807) is 30.2 Å². The van der Waals surface area contributed by atoms with Gasteiger partial charge in [-0.15, -0.1) is 0 Å². The van der Waals surface area contributed by atoms with Crippen LogP contribution in [0.3, 0.4) is 0 Å². The Morgan fingerprint density at radius 2 is 1.89 bits per heavy atom. The Kier molecular flexibility index (Phi) is 4.98. The summed E-state index contributed by atoms with van der Waals surface area (Å²) in [6.07, 6.45) is 1.32. The fourth-order valence-electron chi connectivity index (χ4n) is 3.28. The van der Waals surface area contributed by atoms with Gasteiger partial charge in [-0.2, -0.15) is 5.10 Å². The second kappa shape index (κ2) is 7.17. The third-order valence-electron chi connectivity index (χ3n) is 4.58. The molecule has 1 saturated heterocycles. The first-order valence-electron chi connectivity index (χ1n) is 9.04. The molecule has 0 bridgehead atoms. The van der Waals surface area contributed by atoms with Crippen molar-refractivity contribution < 1.29 is 9.13 Å². The first-order chi connectivity index (χ1) is 13.3. The van der Waals surface area contributed by atoms with Gasteiger partial charge >= 0.3 is 0 Å². The summed E-state index contributed by atoms with van der Waals surface area (Å²) in [6, 6.07) is 14.1. The average molecular weight is 418 g/mol. The van der Waals surface area contributed by atoms with E-state index >= 15 is 0 Å². The zero-order chi connectivity index (χ0) is 19.9. The Morgan fingerprint density at radius 3 is 2.57 bits per heavy atom. The van der Waals surface area contributed by atoms with Gasteiger partial charge in [-0.3, -0.25) is 0 Å². The largest absolute Gasteiger partial charge is 0.354 e. The first-order valence-corrected chi connectivity index (χ1v) is 10.2. The zero-order valence-corrected chi connectivity index (χ0v) is 17.5. The molecular formula is C21H21ClFN3OS. The molecule has 0 unspecified atom stereocenters. The molecule has 4 rings (SSSR count). The van der Waals surface area contributed by atoms with E-state index in [0.29, 0.717) is 11.6 Å². The van der Waals surface area contributed by atoms with E-state index in [0.717, 1.165) is 16.3 Å². The van der Waals surface area contributed by atoms with E-state index in [1.807, 2.05) is 28.9 Å². The highest BCUT2D eigenvalue weighted by molar-refractivity contribution is 8.00. The van der Waals surface area contributed by atoms with E-state index in [9.17, 15) is 4.39 Å². The van der Waals surface area contributed by atoms with Crippen molar-refractivity contribution in [1.82, 2.24) is 14.8 Å². The number of rotatable bonds is 5. The third kappa shape index (κ3) is 3.81. The molecule has 3 aromatic rings. The maximum absolute atomic E-state index is 13.5. The van der Waals surface area contributed by atoms with Gasteiger partial charge in [0.1, 0.15) is 23.8 Å². The molecule has 1 aliphatic heterocycles. The fraction of sp³-hybridized carbons (Fsp3) is 0.333. The molecule has 28 heavy (non-hydrogen) atoms. The van der Waals surface area contributed by atoms with Crippen molar-refractivity contribution in [1.29, 1.82) is 0 Å². The number of nitrogens with zero attached hydrogens (tertiary/aromatic N) is 3. The molecule has 4 nitrogen and oxygen atoms in total. The number of thioether (sulfide) groups is 1. The van der Waals surface area contributed by atoms with Crippen LogP contribution in [0.1, 0.15) is 38.0 Å². The lowest BCUT2D eigenvalue weighted by Gasteiger charge is -2.19. The van der Waals surface area contributed by atoms with E-state index in [2.05, 4.69) is 30.9 Å². The summed E-state index contributed by atoms with van der Waals surface area (Å²) in [7, 11) is 0. The maximum Gasteiger partial charge on any atom is 0.186 e. The molecule has 2 atom stereocenters. The molecule has 1 fully saturated rings. The monoisotopic (exact) mass is 417 g/mol. The second-order valence-corrected chi connectivity index (χ2v) is 10.0. The predicted molar refractivity (Wildman–Crippen MR) is 109 cm³/mol. The van der Waals surface area contributed by atoms with E-state index in [4.69, 9.17) is 16.3 Å². The van der Waals surface area contributed by atoms with Crippen molar-refractivity contribution in [3.8, 4) is 0 Å². The van der Waals surface area contributed by atoms with Crippen LogP contribution < -0.4 is 0 Å². The number of hydrogen-bond donors (Lipinski definition) is 0. The Bertz CT molecular complexity index is 986. The number of halogens is 2. The Balaban J connectivity index is 1.72. The third-order valence-corrected chi connectivity index (χ3v) is 6.03. The van der Waals surface area contributed by atoms with Crippen LogP contribution in [-0.2, 0) is 16.9 Å². The minimum Gasteiger partial charge on any atom is -0.354 e. The summed E-state index contributed by atoms with van der Waals surface area (Å²) in [6.45, 7) is 6.86. The summed E-state index contributed by atoms with van der Waals surface area (Å²) in [4.78, 5) is 4.41. The Morgan fingerprint density at radius 1 is 1.18 bits per heavy atom. The fourth-order valence-corrected chi connectivity index (χ4v) is 4.38. The van der Waals surface area contributed by atoms with Gasteiger partial charge in [-0.25, -0.2) is 14.1 Å².